The van der Waals surface area contributed by atoms with Gasteiger partial charge in [-0.05, 0) is 91.6 Å². The molecule has 9 heteroatoms. The van der Waals surface area contributed by atoms with E-state index in [1.54, 1.807) is 26.2 Å². The molecule has 2 saturated heterocycles. The van der Waals surface area contributed by atoms with E-state index in [1.165, 1.54) is 0 Å². The molecule has 248 valence electrons. The minimum absolute atomic E-state index is 0.0246. The monoisotopic (exact) mass is 658 g/mol. The van der Waals surface area contributed by atoms with Crippen molar-refractivity contribution in [3.8, 4) is 11.5 Å². The molecule has 3 fully saturated rings. The molecular weight excluding hydrogens is 615 g/mol. The van der Waals surface area contributed by atoms with E-state index >= 15 is 0 Å². The molecule has 0 unspecified atom stereocenters. The van der Waals surface area contributed by atoms with E-state index in [4.69, 9.17) is 21.1 Å². The third kappa shape index (κ3) is 6.60. The van der Waals surface area contributed by atoms with Gasteiger partial charge in [0.1, 0.15) is 5.75 Å². The Kier molecular flexibility index (Phi) is 9.18. The number of hydrogen-bond acceptors (Lipinski definition) is 6. The highest BCUT2D eigenvalue weighted by atomic mass is 35.5. The molecule has 3 heterocycles. The van der Waals surface area contributed by atoms with Crippen molar-refractivity contribution in [1.29, 1.82) is 0 Å². The van der Waals surface area contributed by atoms with Gasteiger partial charge in [-0.25, -0.2) is 4.39 Å². The van der Waals surface area contributed by atoms with Gasteiger partial charge in [0.25, 0.3) is 5.91 Å². The predicted octanol–water partition coefficient (Wildman–Crippen LogP) is 6.29. The molecule has 1 amide bonds. The lowest BCUT2D eigenvalue weighted by atomic mass is 9.83. The molecule has 3 aromatic rings. The number of carbonyl (C=O) groups excluding carboxylic acids is 1. The van der Waals surface area contributed by atoms with Crippen LogP contribution < -0.4 is 25.0 Å². The van der Waals surface area contributed by atoms with E-state index in [2.05, 4.69) is 57.7 Å². The number of amides is 1. The number of aryl methyl sites for hydroxylation is 1. The summed E-state index contributed by atoms with van der Waals surface area (Å²) in [6, 6.07) is 18.7. The Bertz CT molecular complexity index is 1670. The molecule has 0 spiro atoms. The smallest absolute Gasteiger partial charge is 0.252 e. The molecule has 7 rings (SSSR count). The fraction of sp³-hybridized carbons (Fsp3) is 0.447. The van der Waals surface area contributed by atoms with Gasteiger partial charge in [-0.2, -0.15) is 0 Å². The summed E-state index contributed by atoms with van der Waals surface area (Å²) in [4.78, 5) is 19.0. The van der Waals surface area contributed by atoms with E-state index in [-0.39, 0.29) is 35.5 Å². The Morgan fingerprint density at radius 3 is 2.64 bits per heavy atom. The molecule has 2 N–H and O–H groups in total. The summed E-state index contributed by atoms with van der Waals surface area (Å²) in [6.07, 6.45) is 3.85. The summed E-state index contributed by atoms with van der Waals surface area (Å²) in [7, 11) is 1.69. The van der Waals surface area contributed by atoms with Gasteiger partial charge >= 0.3 is 0 Å². The molecule has 0 radical (unpaired) electrons. The van der Waals surface area contributed by atoms with Crippen molar-refractivity contribution < 1.29 is 18.7 Å². The number of benzene rings is 3. The zero-order valence-corrected chi connectivity index (χ0v) is 28.2. The van der Waals surface area contributed by atoms with E-state index in [9.17, 15) is 9.18 Å². The Balaban J connectivity index is 1.10. The summed E-state index contributed by atoms with van der Waals surface area (Å²) in [5.41, 5.74) is 7.06. The van der Waals surface area contributed by atoms with Gasteiger partial charge in [0, 0.05) is 62.0 Å². The molecule has 3 atom stereocenters. The maximum atomic E-state index is 14.6. The zero-order valence-electron chi connectivity index (χ0n) is 27.5. The number of methoxy groups -OCH3 is 1. The molecule has 0 aromatic heterocycles. The van der Waals surface area contributed by atoms with Crippen molar-refractivity contribution in [1.82, 2.24) is 15.5 Å². The van der Waals surface area contributed by atoms with Crippen LogP contribution in [0.5, 0.6) is 11.5 Å². The minimum Gasteiger partial charge on any atom is -0.496 e. The summed E-state index contributed by atoms with van der Waals surface area (Å²) in [5.74, 6) is 1.03. The lowest BCUT2D eigenvalue weighted by molar-refractivity contribution is -0.128. The number of hydrogen-bond donors (Lipinski definition) is 2. The van der Waals surface area contributed by atoms with E-state index < -0.39 is 0 Å². The SMILES string of the molecule is COc1cccc(CN(C(=O)C2=C(c3ccc(N4CC[C@@H](COc5c(Cl)ccc(C)c5F)C4)cc3)C[C@H]3CNC[C@@H]2N3)C2CC2)c1C. The number of anilines is 1. The van der Waals surface area contributed by atoms with E-state index in [1.807, 2.05) is 12.1 Å². The molecule has 1 saturated carbocycles. The molecular formula is C38H44ClFN4O3. The molecule has 2 bridgehead atoms. The first-order valence-electron chi connectivity index (χ1n) is 16.9. The van der Waals surface area contributed by atoms with Crippen molar-refractivity contribution in [2.75, 3.05) is 44.8 Å². The van der Waals surface area contributed by atoms with Crippen LogP contribution in [0.25, 0.3) is 5.57 Å². The Hall–Kier alpha value is -3.59. The number of rotatable bonds is 10. The third-order valence-electron chi connectivity index (χ3n) is 10.3. The van der Waals surface area contributed by atoms with Crippen molar-refractivity contribution in [2.24, 2.45) is 5.92 Å². The predicted molar refractivity (Wildman–Crippen MR) is 185 cm³/mol. The van der Waals surface area contributed by atoms with Crippen LogP contribution in [0.1, 0.15) is 47.9 Å². The molecule has 3 aromatic carbocycles. The Morgan fingerprint density at radius 1 is 1.06 bits per heavy atom. The average molecular weight is 659 g/mol. The first kappa shape index (κ1) is 32.0. The summed E-state index contributed by atoms with van der Waals surface area (Å²) in [5, 5.41) is 7.60. The first-order chi connectivity index (χ1) is 22.8. The summed E-state index contributed by atoms with van der Waals surface area (Å²) in [6.45, 7) is 8.16. The van der Waals surface area contributed by atoms with Crippen LogP contribution >= 0.6 is 11.6 Å². The maximum absolute atomic E-state index is 14.6. The van der Waals surface area contributed by atoms with Crippen LogP contribution in [0, 0.1) is 25.6 Å². The van der Waals surface area contributed by atoms with Crippen LogP contribution in [-0.4, -0.2) is 68.8 Å². The molecule has 3 aliphatic heterocycles. The lowest BCUT2D eigenvalue weighted by Crippen LogP contribution is -2.60. The van der Waals surface area contributed by atoms with Gasteiger partial charge in [-0.3, -0.25) is 4.79 Å². The van der Waals surface area contributed by atoms with Gasteiger partial charge in [0.15, 0.2) is 11.6 Å². The molecule has 7 nitrogen and oxygen atoms in total. The number of carbonyl (C=O) groups is 1. The number of piperazine rings is 1. The molecule has 47 heavy (non-hydrogen) atoms. The molecule has 1 aliphatic carbocycles. The topological polar surface area (TPSA) is 66.1 Å². The van der Waals surface area contributed by atoms with Gasteiger partial charge in [-0.1, -0.05) is 41.9 Å². The fourth-order valence-electron chi connectivity index (χ4n) is 7.42. The highest BCUT2D eigenvalue weighted by Crippen LogP contribution is 2.38. The number of nitrogens with one attached hydrogen (secondary N) is 2. The van der Waals surface area contributed by atoms with Crippen molar-refractivity contribution in [3.05, 3.63) is 93.3 Å². The molecule has 4 aliphatic rings. The van der Waals surface area contributed by atoms with Crippen LogP contribution in [-0.2, 0) is 11.3 Å². The van der Waals surface area contributed by atoms with Crippen LogP contribution in [0.4, 0.5) is 10.1 Å². The highest BCUT2D eigenvalue weighted by Gasteiger charge is 2.41. The van der Waals surface area contributed by atoms with Crippen molar-refractivity contribution >= 4 is 28.8 Å². The second kappa shape index (κ2) is 13.5. The van der Waals surface area contributed by atoms with Gasteiger partial charge in [0.05, 0.1) is 24.8 Å². The normalized spacial score (nSPS) is 22.4. The van der Waals surface area contributed by atoms with Crippen molar-refractivity contribution in [2.45, 2.75) is 64.2 Å². The Labute approximate surface area is 282 Å². The second-order valence-corrected chi connectivity index (χ2v) is 14.0. The standard InChI is InChI=1S/C38H44ClFN4O3/c1-23-7-14-32(39)37(36(23)40)47-22-25-15-16-43(20-25)29-10-8-26(9-11-29)31-17-28-18-41-19-33(42-28)35(31)38(45)44(30-12-13-30)21-27-5-4-6-34(46-3)24(27)2/h4-11,14,25,28,30,33,41-42H,12-13,15-22H2,1-3H3/t25-,28+,33+/m1/s1. The minimum atomic E-state index is -0.386. The summed E-state index contributed by atoms with van der Waals surface area (Å²) < 4.78 is 26.1. The average Bonchev–Trinajstić information content (AvgIpc) is 3.82. The first-order valence-corrected chi connectivity index (χ1v) is 17.2. The Morgan fingerprint density at radius 2 is 1.87 bits per heavy atom. The highest BCUT2D eigenvalue weighted by molar-refractivity contribution is 6.32. The van der Waals surface area contributed by atoms with Crippen molar-refractivity contribution in [3.63, 3.8) is 0 Å². The van der Waals surface area contributed by atoms with E-state index in [0.29, 0.717) is 29.8 Å². The lowest BCUT2D eigenvalue weighted by Gasteiger charge is -2.41. The van der Waals surface area contributed by atoms with Crippen LogP contribution in [0.2, 0.25) is 5.02 Å². The largest absolute Gasteiger partial charge is 0.496 e. The number of ether oxygens (including phenoxy) is 2. The van der Waals surface area contributed by atoms with Crippen LogP contribution in [0.15, 0.2) is 60.2 Å². The third-order valence-corrected chi connectivity index (χ3v) is 10.6. The maximum Gasteiger partial charge on any atom is 0.252 e. The number of fused-ring (bicyclic) bond motifs is 2. The zero-order chi connectivity index (χ0) is 32.7. The van der Waals surface area contributed by atoms with Gasteiger partial charge in [0.2, 0.25) is 0 Å². The van der Waals surface area contributed by atoms with Gasteiger partial charge in [-0.15, -0.1) is 0 Å². The number of halogens is 2. The second-order valence-electron chi connectivity index (χ2n) is 13.5. The number of nitrogens with zero attached hydrogens (tertiary/aromatic N) is 2. The van der Waals surface area contributed by atoms with E-state index in [0.717, 1.165) is 91.1 Å². The van der Waals surface area contributed by atoms with Gasteiger partial charge < -0.3 is 29.9 Å². The quantitative estimate of drug-likeness (QED) is 0.267. The van der Waals surface area contributed by atoms with Crippen LogP contribution in [0.3, 0.4) is 0 Å². The summed E-state index contributed by atoms with van der Waals surface area (Å²) >= 11 is 6.23. The fourth-order valence-corrected chi connectivity index (χ4v) is 7.62.